The number of Topliss-reactive ketones (excluding diaryl/α,β-unsaturated/α-hetero) is 1. The Kier molecular flexibility index (Phi) is 7.29. The number of methoxy groups -OCH3 is 2. The first kappa shape index (κ1) is 22.8. The van der Waals surface area contributed by atoms with Crippen LogP contribution in [0.25, 0.3) is 0 Å². The smallest absolute Gasteiger partial charge is 0.342 e. The maximum atomic E-state index is 12.7. The second-order valence-corrected chi connectivity index (χ2v) is 8.99. The van der Waals surface area contributed by atoms with Gasteiger partial charge in [-0.1, -0.05) is 6.42 Å². The van der Waals surface area contributed by atoms with E-state index in [1.165, 1.54) is 48.9 Å². The Morgan fingerprint density at radius 1 is 0.935 bits per heavy atom. The molecule has 0 aliphatic carbocycles. The summed E-state index contributed by atoms with van der Waals surface area (Å²) in [5, 5.41) is 0. The molecule has 0 N–H and O–H groups in total. The number of ether oxygens (including phenoxy) is 3. The molecule has 8 nitrogen and oxygen atoms in total. The minimum atomic E-state index is -3.57. The quantitative estimate of drug-likeness (QED) is 0.453. The van der Waals surface area contributed by atoms with Crippen LogP contribution in [-0.2, 0) is 14.8 Å². The van der Waals surface area contributed by atoms with E-state index >= 15 is 0 Å². The maximum Gasteiger partial charge on any atom is 0.342 e. The van der Waals surface area contributed by atoms with Crippen molar-refractivity contribution < 1.29 is 32.2 Å². The molecular formula is C22H25NO7S. The lowest BCUT2D eigenvalue weighted by molar-refractivity contribution is 0.0471. The molecule has 1 aliphatic rings. The third-order valence-electron chi connectivity index (χ3n) is 5.09. The number of piperidine rings is 1. The molecule has 2 aromatic rings. The first-order chi connectivity index (χ1) is 14.9. The van der Waals surface area contributed by atoms with Gasteiger partial charge in [-0.05, 0) is 49.2 Å². The minimum absolute atomic E-state index is 0.144. The first-order valence-electron chi connectivity index (χ1n) is 9.89. The second kappa shape index (κ2) is 9.93. The van der Waals surface area contributed by atoms with Gasteiger partial charge in [0.1, 0.15) is 17.1 Å². The van der Waals surface area contributed by atoms with Crippen LogP contribution in [0.5, 0.6) is 11.5 Å². The van der Waals surface area contributed by atoms with Crippen LogP contribution in [0.15, 0.2) is 47.4 Å². The van der Waals surface area contributed by atoms with E-state index in [1.54, 1.807) is 12.1 Å². The average molecular weight is 448 g/mol. The van der Waals surface area contributed by atoms with Crippen molar-refractivity contribution in [3.05, 3.63) is 53.6 Å². The monoisotopic (exact) mass is 447 g/mol. The standard InChI is InChI=1S/C22H25NO7S/c1-28-17-8-11-19(21(14-17)29-2)22(25)30-15-20(24)16-6-9-18(10-7-16)31(26,27)23-12-4-3-5-13-23/h6-11,14H,3-5,12-13,15H2,1-2H3. The zero-order valence-electron chi connectivity index (χ0n) is 17.5. The summed E-state index contributed by atoms with van der Waals surface area (Å²) >= 11 is 0. The van der Waals surface area contributed by atoms with E-state index in [2.05, 4.69) is 0 Å². The average Bonchev–Trinajstić information content (AvgIpc) is 2.82. The van der Waals surface area contributed by atoms with E-state index in [0.717, 1.165) is 19.3 Å². The fourth-order valence-corrected chi connectivity index (χ4v) is 4.84. The van der Waals surface area contributed by atoms with Gasteiger partial charge in [0.15, 0.2) is 12.4 Å². The Labute approximate surface area is 181 Å². The molecule has 0 aromatic heterocycles. The van der Waals surface area contributed by atoms with Crippen LogP contribution in [0.2, 0.25) is 0 Å². The number of ketones is 1. The molecule has 0 spiro atoms. The first-order valence-corrected chi connectivity index (χ1v) is 11.3. The molecule has 1 fully saturated rings. The van der Waals surface area contributed by atoms with Crippen LogP contribution in [0.3, 0.4) is 0 Å². The summed E-state index contributed by atoms with van der Waals surface area (Å²) < 4.78 is 42.2. The highest BCUT2D eigenvalue weighted by Crippen LogP contribution is 2.25. The highest BCUT2D eigenvalue weighted by molar-refractivity contribution is 7.89. The summed E-state index contributed by atoms with van der Waals surface area (Å²) in [6.45, 7) is 0.536. The van der Waals surface area contributed by atoms with E-state index < -0.39 is 28.4 Å². The van der Waals surface area contributed by atoms with Gasteiger partial charge in [-0.3, -0.25) is 4.79 Å². The lowest BCUT2D eigenvalue weighted by atomic mass is 10.1. The fourth-order valence-electron chi connectivity index (χ4n) is 3.33. The van der Waals surface area contributed by atoms with Crippen molar-refractivity contribution in [1.82, 2.24) is 4.31 Å². The summed E-state index contributed by atoms with van der Waals surface area (Å²) in [7, 11) is -0.660. The van der Waals surface area contributed by atoms with Gasteiger partial charge in [-0.15, -0.1) is 0 Å². The van der Waals surface area contributed by atoms with Gasteiger partial charge >= 0.3 is 5.97 Å². The van der Waals surface area contributed by atoms with Crippen molar-refractivity contribution in [1.29, 1.82) is 0 Å². The minimum Gasteiger partial charge on any atom is -0.497 e. The molecule has 1 saturated heterocycles. The van der Waals surface area contributed by atoms with E-state index in [1.807, 2.05) is 0 Å². The number of carbonyl (C=O) groups excluding carboxylic acids is 2. The normalized spacial score (nSPS) is 14.6. The van der Waals surface area contributed by atoms with Gasteiger partial charge in [0.25, 0.3) is 0 Å². The zero-order chi connectivity index (χ0) is 22.4. The Balaban J connectivity index is 1.64. The SMILES string of the molecule is COc1ccc(C(=O)OCC(=O)c2ccc(S(=O)(=O)N3CCCCC3)cc2)c(OC)c1. The van der Waals surface area contributed by atoms with Crippen molar-refractivity contribution in [3.8, 4) is 11.5 Å². The lowest BCUT2D eigenvalue weighted by Gasteiger charge is -2.25. The lowest BCUT2D eigenvalue weighted by Crippen LogP contribution is -2.35. The van der Waals surface area contributed by atoms with Crippen molar-refractivity contribution in [2.24, 2.45) is 0 Å². The van der Waals surface area contributed by atoms with Gasteiger partial charge in [0.05, 0.1) is 19.1 Å². The van der Waals surface area contributed by atoms with Crippen LogP contribution < -0.4 is 9.47 Å². The molecular weight excluding hydrogens is 422 g/mol. The number of sulfonamides is 1. The molecule has 0 unspecified atom stereocenters. The van der Waals surface area contributed by atoms with Crippen molar-refractivity contribution in [2.75, 3.05) is 33.9 Å². The molecule has 1 aliphatic heterocycles. The number of hydrogen-bond donors (Lipinski definition) is 0. The Morgan fingerprint density at radius 3 is 2.23 bits per heavy atom. The van der Waals surface area contributed by atoms with E-state index in [0.29, 0.717) is 18.8 Å². The number of benzene rings is 2. The fraction of sp³-hybridized carbons (Fsp3) is 0.364. The number of carbonyl (C=O) groups is 2. The number of hydrogen-bond acceptors (Lipinski definition) is 7. The summed E-state index contributed by atoms with van der Waals surface area (Å²) in [4.78, 5) is 24.9. The summed E-state index contributed by atoms with van der Waals surface area (Å²) in [6.07, 6.45) is 2.72. The topological polar surface area (TPSA) is 99.2 Å². The molecule has 0 saturated carbocycles. The molecule has 0 bridgehead atoms. The molecule has 0 amide bonds. The zero-order valence-corrected chi connectivity index (χ0v) is 18.3. The van der Waals surface area contributed by atoms with E-state index in [-0.39, 0.29) is 21.8 Å². The highest BCUT2D eigenvalue weighted by atomic mass is 32.2. The number of rotatable bonds is 8. The van der Waals surface area contributed by atoms with Gasteiger partial charge in [-0.25, -0.2) is 13.2 Å². The molecule has 9 heteroatoms. The van der Waals surface area contributed by atoms with Gasteiger partial charge in [0.2, 0.25) is 10.0 Å². The Bertz CT molecular complexity index is 1040. The van der Waals surface area contributed by atoms with Crippen molar-refractivity contribution in [2.45, 2.75) is 24.2 Å². The summed E-state index contributed by atoms with van der Waals surface area (Å²) in [5.74, 6) is -0.368. The molecule has 31 heavy (non-hydrogen) atoms. The number of nitrogens with zero attached hydrogens (tertiary/aromatic N) is 1. The van der Waals surface area contributed by atoms with Crippen LogP contribution >= 0.6 is 0 Å². The Hall–Kier alpha value is -2.91. The molecule has 3 rings (SSSR count). The maximum absolute atomic E-state index is 12.7. The largest absolute Gasteiger partial charge is 0.497 e. The molecule has 0 atom stereocenters. The van der Waals surface area contributed by atoms with Crippen LogP contribution in [0.1, 0.15) is 40.0 Å². The molecule has 2 aromatic carbocycles. The van der Waals surface area contributed by atoms with E-state index in [4.69, 9.17) is 14.2 Å². The second-order valence-electron chi connectivity index (χ2n) is 7.05. The van der Waals surface area contributed by atoms with Crippen LogP contribution in [-0.4, -0.2) is 58.4 Å². The Morgan fingerprint density at radius 2 is 1.61 bits per heavy atom. The number of esters is 1. The molecule has 0 radical (unpaired) electrons. The van der Waals surface area contributed by atoms with E-state index in [9.17, 15) is 18.0 Å². The third kappa shape index (κ3) is 5.23. The van der Waals surface area contributed by atoms with Crippen molar-refractivity contribution >= 4 is 21.8 Å². The predicted octanol–water partition coefficient (Wildman–Crippen LogP) is 2.92. The summed E-state index contributed by atoms with van der Waals surface area (Å²) in [5.41, 5.74) is 0.422. The predicted molar refractivity (Wildman–Crippen MR) is 113 cm³/mol. The summed E-state index contributed by atoms with van der Waals surface area (Å²) in [6, 6.07) is 10.3. The van der Waals surface area contributed by atoms with Gasteiger partial charge in [0, 0.05) is 24.7 Å². The van der Waals surface area contributed by atoms with Gasteiger partial charge < -0.3 is 14.2 Å². The van der Waals surface area contributed by atoms with Crippen molar-refractivity contribution in [3.63, 3.8) is 0 Å². The van der Waals surface area contributed by atoms with Crippen LogP contribution in [0, 0.1) is 0 Å². The van der Waals surface area contributed by atoms with Crippen LogP contribution in [0.4, 0.5) is 0 Å². The molecule has 166 valence electrons. The van der Waals surface area contributed by atoms with Gasteiger partial charge in [-0.2, -0.15) is 4.31 Å². The third-order valence-corrected chi connectivity index (χ3v) is 7.00. The highest BCUT2D eigenvalue weighted by Gasteiger charge is 2.26. The molecule has 1 heterocycles.